The average molecular weight is 535 g/mol. The first kappa shape index (κ1) is 31.0. The molecule has 2 atom stereocenters. The van der Waals surface area contributed by atoms with Gasteiger partial charge in [-0.3, -0.25) is 19.2 Å². The maximum Gasteiger partial charge on any atom is 0.475 e. The molecule has 1 aromatic heterocycles. The Bertz CT molecular complexity index is 1240. The van der Waals surface area contributed by atoms with E-state index in [9.17, 15) is 29.2 Å². The fraction of sp³-hybridized carbons (Fsp3) is 0.370. The molecule has 0 saturated heterocycles. The van der Waals surface area contributed by atoms with Crippen LogP contribution in [-0.2, 0) is 16.0 Å². The van der Waals surface area contributed by atoms with Crippen LogP contribution in [0.15, 0.2) is 65.0 Å². The van der Waals surface area contributed by atoms with E-state index >= 15 is 0 Å². The number of hydrogen-bond acceptors (Lipinski definition) is 7. The molecule has 1 aromatic carbocycles. The molecule has 6 N–H and O–H groups in total. The van der Waals surface area contributed by atoms with Crippen molar-refractivity contribution in [3.05, 3.63) is 81.8 Å². The van der Waals surface area contributed by atoms with Crippen molar-refractivity contribution in [2.24, 2.45) is 5.92 Å². The van der Waals surface area contributed by atoms with Crippen molar-refractivity contribution in [3.63, 3.8) is 0 Å². The number of carbonyl (C=O) groups excluding carboxylic acids is 3. The highest BCUT2D eigenvalue weighted by atomic mass is 16.4. The van der Waals surface area contributed by atoms with Gasteiger partial charge >= 0.3 is 7.12 Å². The number of allylic oxidation sites excluding steroid dienone is 1. The number of aromatic amines is 1. The van der Waals surface area contributed by atoms with Crippen LogP contribution >= 0.6 is 0 Å². The van der Waals surface area contributed by atoms with Crippen LogP contribution in [0.3, 0.4) is 0 Å². The Labute approximate surface area is 227 Å². The summed E-state index contributed by atoms with van der Waals surface area (Å²) < 4.78 is 0. The fourth-order valence-electron chi connectivity index (χ4n) is 3.74. The zero-order valence-electron chi connectivity index (χ0n) is 22.0. The van der Waals surface area contributed by atoms with Crippen molar-refractivity contribution < 1.29 is 24.4 Å². The topological polar surface area (TPSA) is 184 Å². The van der Waals surface area contributed by atoms with Gasteiger partial charge in [0.1, 0.15) is 23.4 Å². The second-order valence-electron chi connectivity index (χ2n) is 9.36. The smallest absolute Gasteiger partial charge is 0.426 e. The Hall–Kier alpha value is -4.21. The number of carbonyl (C=O) groups is 3. The normalized spacial score (nSPS) is 12.7. The first-order chi connectivity index (χ1) is 18.6. The van der Waals surface area contributed by atoms with Gasteiger partial charge < -0.3 is 31.0 Å². The Morgan fingerprint density at radius 1 is 1.05 bits per heavy atom. The highest BCUT2D eigenvalue weighted by Crippen LogP contribution is 2.08. The molecule has 0 unspecified atom stereocenters. The number of H-pyrrole nitrogens is 1. The third-order valence-electron chi connectivity index (χ3n) is 5.69. The lowest BCUT2D eigenvalue weighted by atomic mass is 9.75. The molecule has 0 aliphatic rings. The molecular formula is C27H34BN5O6. The van der Waals surface area contributed by atoms with Gasteiger partial charge in [0.2, 0.25) is 11.5 Å². The van der Waals surface area contributed by atoms with Crippen LogP contribution in [0.25, 0.3) is 0 Å². The summed E-state index contributed by atoms with van der Waals surface area (Å²) in [6.07, 6.45) is 2.74. The highest BCUT2D eigenvalue weighted by molar-refractivity contribution is 6.43. The predicted octanol–water partition coefficient (Wildman–Crippen LogP) is 0.605. The van der Waals surface area contributed by atoms with Crippen LogP contribution in [0.4, 0.5) is 0 Å². The van der Waals surface area contributed by atoms with Gasteiger partial charge in [0.25, 0.3) is 11.8 Å². The summed E-state index contributed by atoms with van der Waals surface area (Å²) in [5.74, 6) is -2.79. The van der Waals surface area contributed by atoms with E-state index in [0.717, 1.165) is 5.56 Å². The second kappa shape index (κ2) is 15.9. The summed E-state index contributed by atoms with van der Waals surface area (Å²) in [5, 5.41) is 36.7. The molecule has 206 valence electrons. The van der Waals surface area contributed by atoms with Gasteiger partial charge in [-0.2, -0.15) is 5.26 Å². The molecular weight excluding hydrogens is 501 g/mol. The molecule has 0 fully saturated rings. The molecule has 12 heteroatoms. The monoisotopic (exact) mass is 535 g/mol. The zero-order chi connectivity index (χ0) is 28.8. The Balaban J connectivity index is 2.06. The minimum Gasteiger partial charge on any atom is -0.426 e. The Morgan fingerprint density at radius 3 is 2.38 bits per heavy atom. The minimum atomic E-state index is -1.85. The van der Waals surface area contributed by atoms with E-state index in [-0.39, 0.29) is 36.6 Å². The highest BCUT2D eigenvalue weighted by Gasteiger charge is 2.29. The average Bonchev–Trinajstić information content (AvgIpc) is 2.90. The number of unbranched alkanes of at least 4 members (excludes halogenated alkanes) is 1. The van der Waals surface area contributed by atoms with E-state index in [2.05, 4.69) is 20.9 Å². The molecule has 0 saturated carbocycles. The number of pyridine rings is 1. The van der Waals surface area contributed by atoms with E-state index in [1.807, 2.05) is 26.0 Å². The summed E-state index contributed by atoms with van der Waals surface area (Å²) in [5.41, 5.74) is 0.293. The lowest BCUT2D eigenvalue weighted by Gasteiger charge is -2.23. The van der Waals surface area contributed by atoms with E-state index < -0.39 is 42.4 Å². The largest absolute Gasteiger partial charge is 0.475 e. The van der Waals surface area contributed by atoms with Crippen molar-refractivity contribution >= 4 is 24.8 Å². The van der Waals surface area contributed by atoms with Gasteiger partial charge in [-0.1, -0.05) is 56.3 Å². The van der Waals surface area contributed by atoms with Crippen molar-refractivity contribution in [1.29, 1.82) is 5.26 Å². The van der Waals surface area contributed by atoms with Gasteiger partial charge in [0, 0.05) is 12.6 Å². The van der Waals surface area contributed by atoms with Crippen LogP contribution in [0, 0.1) is 17.2 Å². The molecule has 39 heavy (non-hydrogen) atoms. The molecule has 3 amide bonds. The van der Waals surface area contributed by atoms with Crippen LogP contribution in [0.1, 0.15) is 49.2 Å². The number of benzene rings is 1. The number of aromatic nitrogens is 1. The number of hydrogen-bond donors (Lipinski definition) is 6. The zero-order valence-corrected chi connectivity index (χ0v) is 22.0. The van der Waals surface area contributed by atoms with Crippen LogP contribution in [0.5, 0.6) is 0 Å². The van der Waals surface area contributed by atoms with Crippen LogP contribution in [-0.4, -0.2) is 58.4 Å². The summed E-state index contributed by atoms with van der Waals surface area (Å²) >= 11 is 0. The van der Waals surface area contributed by atoms with Crippen LogP contribution < -0.4 is 21.5 Å². The summed E-state index contributed by atoms with van der Waals surface area (Å²) in [6.45, 7) is 3.96. The molecule has 1 heterocycles. The first-order valence-electron chi connectivity index (χ1n) is 12.7. The Morgan fingerprint density at radius 2 is 1.77 bits per heavy atom. The Kier molecular flexibility index (Phi) is 12.7. The molecule has 0 radical (unpaired) electrons. The van der Waals surface area contributed by atoms with E-state index in [0.29, 0.717) is 12.8 Å². The lowest BCUT2D eigenvalue weighted by molar-refractivity contribution is -0.123. The van der Waals surface area contributed by atoms with Crippen molar-refractivity contribution in [2.75, 3.05) is 6.54 Å². The number of rotatable bonds is 14. The minimum absolute atomic E-state index is 0.0263. The van der Waals surface area contributed by atoms with Crippen molar-refractivity contribution in [1.82, 2.24) is 20.9 Å². The second-order valence-corrected chi connectivity index (χ2v) is 9.36. The third-order valence-corrected chi connectivity index (χ3v) is 5.69. The standard InChI is InChI=1S/C27H34BN5O6/c1-18(2)15-20(17-29)25(35)30-14-7-6-11-22(32-26(36)21-12-8-13-24(34)31-21)27(37)33-23(28(38)39)16-19-9-4-3-5-10-19/h3-5,8-10,12-13,15,18,22-23,38-39H,6-7,11,14,16H2,1-2H3,(H,30,35)(H,31,34)(H,32,36)(H,33,37)/b20-15+/t22-,23-/m0/s1. The van der Waals surface area contributed by atoms with Gasteiger partial charge in [0.05, 0.1) is 5.94 Å². The van der Waals surface area contributed by atoms with Gasteiger partial charge in [-0.25, -0.2) is 0 Å². The van der Waals surface area contributed by atoms with E-state index in [1.54, 1.807) is 30.3 Å². The van der Waals surface area contributed by atoms with E-state index in [4.69, 9.17) is 5.26 Å². The number of nitriles is 1. The maximum absolute atomic E-state index is 13.2. The molecule has 11 nitrogen and oxygen atoms in total. The van der Waals surface area contributed by atoms with Gasteiger partial charge in [-0.15, -0.1) is 0 Å². The summed E-state index contributed by atoms with van der Waals surface area (Å²) in [7, 11) is -1.85. The molecule has 0 bridgehead atoms. The lowest BCUT2D eigenvalue weighted by Crippen LogP contribution is -2.54. The molecule has 0 aliphatic carbocycles. The fourth-order valence-corrected chi connectivity index (χ4v) is 3.74. The van der Waals surface area contributed by atoms with Gasteiger partial charge in [0.15, 0.2) is 0 Å². The molecule has 0 aliphatic heterocycles. The number of nitrogens with zero attached hydrogens (tertiary/aromatic N) is 1. The maximum atomic E-state index is 13.2. The molecule has 2 aromatic rings. The first-order valence-corrected chi connectivity index (χ1v) is 12.7. The van der Waals surface area contributed by atoms with E-state index in [1.165, 1.54) is 18.2 Å². The quantitative estimate of drug-likeness (QED) is 0.0886. The molecule has 0 spiro atoms. The number of amides is 3. The van der Waals surface area contributed by atoms with Gasteiger partial charge in [-0.05, 0) is 43.2 Å². The SMILES string of the molecule is CC(C)/C=C(\C#N)C(=O)NCCCC[C@H](NC(=O)c1cccc(=O)[nH]1)C(=O)N[C@@H](Cc1ccccc1)B(O)O. The van der Waals surface area contributed by atoms with Crippen molar-refractivity contribution in [2.45, 2.75) is 51.5 Å². The predicted molar refractivity (Wildman–Crippen MR) is 146 cm³/mol. The summed E-state index contributed by atoms with van der Waals surface area (Å²) in [6, 6.07) is 13.8. The van der Waals surface area contributed by atoms with Crippen LogP contribution in [0.2, 0.25) is 0 Å². The molecule has 2 rings (SSSR count). The summed E-state index contributed by atoms with van der Waals surface area (Å²) in [4.78, 5) is 52.1. The number of nitrogens with one attached hydrogen (secondary N) is 4. The van der Waals surface area contributed by atoms with Crippen molar-refractivity contribution in [3.8, 4) is 6.07 Å². The third kappa shape index (κ3) is 11.0.